The quantitative estimate of drug-likeness (QED) is 0.0324. The third kappa shape index (κ3) is 79.4. The largest absolute Gasteiger partial charge is 0.351 e. The molecule has 0 rings (SSSR count). The van der Waals surface area contributed by atoms with Gasteiger partial charge in [0.1, 0.15) is 0 Å². The van der Waals surface area contributed by atoms with Crippen LogP contribution >= 0.6 is 0 Å². The molecule has 666 valence electrons. The normalized spacial score (nSPS) is 14.3. The fourth-order valence-corrected chi connectivity index (χ4v) is 12.4. The summed E-state index contributed by atoms with van der Waals surface area (Å²) in [6, 6.07) is 0. The third-order valence-corrected chi connectivity index (χ3v) is 17.5. The molecule has 112 heavy (non-hydrogen) atoms. The van der Waals surface area contributed by atoms with E-state index in [0.717, 1.165) is 128 Å². The Hall–Kier alpha value is -4.49. The van der Waals surface area contributed by atoms with Crippen LogP contribution in [0.1, 0.15) is 433 Å². The number of amides is 7. The molecule has 7 amide bonds. The van der Waals surface area contributed by atoms with Gasteiger partial charge in [0.25, 0.3) is 0 Å². The summed E-state index contributed by atoms with van der Waals surface area (Å²) in [5.74, 6) is 3.00. The Bertz CT molecular complexity index is 2570. The second-order valence-corrected chi connectivity index (χ2v) is 45.9. The average Bonchev–Trinajstić information content (AvgIpc) is 0.854. The molecular formula is C98H197N7O7. The van der Waals surface area contributed by atoms with Gasteiger partial charge in [0.05, 0.1) is 0 Å². The zero-order chi connectivity index (χ0) is 90.5. The molecule has 0 bridgehead atoms. The fourth-order valence-electron chi connectivity index (χ4n) is 12.4. The number of unbranched alkanes of at least 4 members (excludes halogenated alkanes) is 3. The van der Waals surface area contributed by atoms with Gasteiger partial charge in [-0.1, -0.05) is 222 Å². The zero-order valence-corrected chi connectivity index (χ0v) is 83.0. The highest BCUT2D eigenvalue weighted by molar-refractivity contribution is 5.82. The van der Waals surface area contributed by atoms with Crippen LogP contribution in [0, 0.1) is 80.3 Å². The summed E-state index contributed by atoms with van der Waals surface area (Å²) in [5.41, 5.74) is -0.287. The number of allylic oxidation sites excluding steroid dienone is 3. The lowest BCUT2D eigenvalue weighted by molar-refractivity contribution is -0.131. The second kappa shape index (κ2) is 56.0. The number of nitrogens with one attached hydrogen (secondary N) is 7. The highest BCUT2D eigenvalue weighted by Crippen LogP contribution is 2.34. The first-order valence-electron chi connectivity index (χ1n) is 43.9. The van der Waals surface area contributed by atoms with Crippen LogP contribution in [0.3, 0.4) is 0 Å². The summed E-state index contributed by atoms with van der Waals surface area (Å²) in [4.78, 5) is 84.9. The minimum Gasteiger partial charge on any atom is -0.351 e. The summed E-state index contributed by atoms with van der Waals surface area (Å²) in [6.07, 6.45) is 25.8. The number of hydrogen-bond donors (Lipinski definition) is 7. The van der Waals surface area contributed by atoms with Crippen molar-refractivity contribution < 1.29 is 33.6 Å². The Balaban J connectivity index is -0.000000230. The minimum atomic E-state index is -0.158. The maximum Gasteiger partial charge on any atom is 0.224 e. The van der Waals surface area contributed by atoms with E-state index in [9.17, 15) is 33.6 Å². The molecule has 0 saturated carbocycles. The highest BCUT2D eigenvalue weighted by atomic mass is 16.2. The van der Waals surface area contributed by atoms with Crippen LogP contribution in [0.4, 0.5) is 0 Å². The number of rotatable bonds is 32. The average molecular weight is 1590 g/mol. The van der Waals surface area contributed by atoms with Gasteiger partial charge in [-0.05, 0) is 268 Å². The molecule has 7 atom stereocenters. The van der Waals surface area contributed by atoms with E-state index in [4.69, 9.17) is 0 Å². The van der Waals surface area contributed by atoms with Gasteiger partial charge >= 0.3 is 0 Å². The molecule has 14 nitrogen and oxygen atoms in total. The molecule has 0 aliphatic heterocycles. The predicted molar refractivity (Wildman–Crippen MR) is 492 cm³/mol. The summed E-state index contributed by atoms with van der Waals surface area (Å²) in [5, 5.41) is 21.5. The first-order valence-corrected chi connectivity index (χ1v) is 43.9. The fraction of sp³-hybridized carbons (Fsp3) is 0.867. The van der Waals surface area contributed by atoms with E-state index in [1.165, 1.54) is 0 Å². The van der Waals surface area contributed by atoms with E-state index in [2.05, 4.69) is 216 Å². The van der Waals surface area contributed by atoms with E-state index in [1.54, 1.807) is 0 Å². The maximum atomic E-state index is 12.2. The van der Waals surface area contributed by atoms with Crippen molar-refractivity contribution in [3.05, 3.63) is 38.0 Å². The van der Waals surface area contributed by atoms with Crippen LogP contribution in [-0.4, -0.2) is 80.1 Å². The van der Waals surface area contributed by atoms with Gasteiger partial charge in [-0.25, -0.2) is 0 Å². The standard InChI is InChI=1S/C15H31NO.C15H29NO.2C14H29NO.C14H27NO.C13H27NO.C13H25NO/c2*1-8-9-10-12(11-14(2,3)4)13(17)16-15(5,6)7;1-8-9-11(10-13(2,3)4)12(16)15-14(5,6)7;2*1-8-9-10-11(13(2,3)4)12(16)15-14(5,6)7;2*1-7-8-9-11(10(2)3)12(15)14-13(4,5)6/h12H,8-11H2,1-7H3,(H,16,17);8,12H,1,9-11H2,2-7H3,(H,16,17);2*11H,8-10H2,1-7H3,(H,15,16);8,11H,1,9-10H2,2-7H3,(H,15,16);10-11H,7-9H2,1-6H3,(H,14,15);7,10-11H,1,8-9H2,2-6H3,(H,14,15). The summed E-state index contributed by atoms with van der Waals surface area (Å²) in [7, 11) is 0. The van der Waals surface area contributed by atoms with Crippen molar-refractivity contribution in [2.24, 2.45) is 80.3 Å². The Morgan fingerprint density at radius 2 is 0.473 bits per heavy atom. The van der Waals surface area contributed by atoms with Crippen molar-refractivity contribution in [1.29, 1.82) is 0 Å². The van der Waals surface area contributed by atoms with Crippen molar-refractivity contribution >= 4 is 41.4 Å². The van der Waals surface area contributed by atoms with Gasteiger partial charge in [-0.2, -0.15) is 0 Å². The second-order valence-electron chi connectivity index (χ2n) is 45.9. The van der Waals surface area contributed by atoms with Crippen LogP contribution in [0.25, 0.3) is 0 Å². The molecule has 0 saturated heterocycles. The number of carbonyl (C=O) groups is 7. The summed E-state index contributed by atoms with van der Waals surface area (Å²) < 4.78 is 0. The van der Waals surface area contributed by atoms with Gasteiger partial charge in [0.2, 0.25) is 41.4 Å². The van der Waals surface area contributed by atoms with Crippen molar-refractivity contribution in [2.75, 3.05) is 0 Å². The predicted octanol–water partition coefficient (Wildman–Crippen LogP) is 25.6. The molecule has 0 fully saturated rings. The van der Waals surface area contributed by atoms with E-state index in [1.807, 2.05) is 164 Å². The van der Waals surface area contributed by atoms with Crippen LogP contribution in [0.15, 0.2) is 38.0 Å². The smallest absolute Gasteiger partial charge is 0.224 e. The molecule has 0 aromatic heterocycles. The van der Waals surface area contributed by atoms with Crippen LogP contribution in [-0.2, 0) is 33.6 Å². The lowest BCUT2D eigenvalue weighted by atomic mass is 9.77. The van der Waals surface area contributed by atoms with Gasteiger partial charge in [-0.15, -0.1) is 19.7 Å². The number of carbonyl (C=O) groups excluding carboxylic acids is 7. The molecule has 0 radical (unpaired) electrons. The summed E-state index contributed by atoms with van der Waals surface area (Å²) in [6.45, 7) is 103. The Kier molecular flexibility index (Phi) is 60.4. The maximum absolute atomic E-state index is 12.2. The van der Waals surface area contributed by atoms with E-state index in [-0.39, 0.29) is 149 Å². The highest BCUT2D eigenvalue weighted by Gasteiger charge is 2.36. The third-order valence-electron chi connectivity index (χ3n) is 17.5. The monoisotopic (exact) mass is 1580 g/mol. The van der Waals surface area contributed by atoms with Crippen LogP contribution < -0.4 is 37.2 Å². The van der Waals surface area contributed by atoms with Gasteiger partial charge in [0.15, 0.2) is 0 Å². The number of hydrogen-bond acceptors (Lipinski definition) is 7. The molecule has 0 aromatic rings. The molecule has 14 heteroatoms. The molecule has 0 aliphatic carbocycles. The first kappa shape index (κ1) is 121. The molecule has 0 aromatic carbocycles. The Labute approximate surface area is 698 Å². The molecule has 0 spiro atoms. The Morgan fingerprint density at radius 3 is 0.714 bits per heavy atom. The van der Waals surface area contributed by atoms with Gasteiger partial charge in [0, 0.05) is 80.2 Å². The lowest BCUT2D eigenvalue weighted by Crippen LogP contribution is -2.46. The van der Waals surface area contributed by atoms with Crippen molar-refractivity contribution in [3.8, 4) is 0 Å². The van der Waals surface area contributed by atoms with Gasteiger partial charge < -0.3 is 37.2 Å². The topological polar surface area (TPSA) is 204 Å². The van der Waals surface area contributed by atoms with Crippen molar-refractivity contribution in [3.63, 3.8) is 0 Å². The SMILES string of the molecule is C=CCCC(C(=O)NC(C)(C)C)C(C)(C)C.C=CCCC(C(=O)NC(C)(C)C)C(C)C.C=CCCC(CC(C)(C)C)C(=O)NC(C)(C)C.CCCC(CC(C)(C)C)C(=O)NC(C)(C)C.CCCCC(C(=O)NC(C)(C)C)C(C)(C)C.CCCCC(C(=O)NC(C)(C)C)C(C)C.CCCCC(CC(C)(C)C)C(=O)NC(C)(C)C. The van der Waals surface area contributed by atoms with Crippen molar-refractivity contribution in [2.45, 2.75) is 472 Å². The zero-order valence-electron chi connectivity index (χ0n) is 83.0. The molecule has 0 heterocycles. The van der Waals surface area contributed by atoms with Crippen LogP contribution in [0.5, 0.6) is 0 Å². The van der Waals surface area contributed by atoms with Crippen molar-refractivity contribution in [1.82, 2.24) is 37.2 Å². The van der Waals surface area contributed by atoms with E-state index < -0.39 is 0 Å². The molecule has 7 unspecified atom stereocenters. The van der Waals surface area contributed by atoms with E-state index >= 15 is 0 Å². The van der Waals surface area contributed by atoms with Gasteiger partial charge in [-0.3, -0.25) is 33.6 Å². The van der Waals surface area contributed by atoms with E-state index in [0.29, 0.717) is 11.8 Å². The molecule has 7 N–H and O–H groups in total. The molecule has 0 aliphatic rings. The lowest BCUT2D eigenvalue weighted by Gasteiger charge is -2.32. The minimum absolute atomic E-state index is 0.00164. The molecular weight excluding hydrogens is 1390 g/mol. The summed E-state index contributed by atoms with van der Waals surface area (Å²) >= 11 is 0. The van der Waals surface area contributed by atoms with Crippen LogP contribution in [0.2, 0.25) is 0 Å². The first-order chi connectivity index (χ1) is 49.9. The Morgan fingerprint density at radius 1 is 0.259 bits per heavy atom.